The van der Waals surface area contributed by atoms with Gasteiger partial charge in [-0.2, -0.15) is 0 Å². The fourth-order valence-electron chi connectivity index (χ4n) is 4.57. The number of ether oxygens (including phenoxy) is 3. The third-order valence-electron chi connectivity index (χ3n) is 6.72. The van der Waals surface area contributed by atoms with Crippen molar-refractivity contribution in [2.24, 2.45) is 0 Å². The van der Waals surface area contributed by atoms with E-state index in [1.807, 2.05) is 24.3 Å². The van der Waals surface area contributed by atoms with Gasteiger partial charge < -0.3 is 24.4 Å². The quantitative estimate of drug-likeness (QED) is 0.385. The third-order valence-corrected chi connectivity index (χ3v) is 8.09. The summed E-state index contributed by atoms with van der Waals surface area (Å²) in [6.45, 7) is 4.19. The summed E-state index contributed by atoms with van der Waals surface area (Å²) in [5.41, 5.74) is 1.67. The molecule has 1 amide bonds. The zero-order valence-corrected chi connectivity index (χ0v) is 22.9. The molecule has 10 nitrogen and oxygen atoms in total. The first kappa shape index (κ1) is 27.3. The number of hydrogen-bond donors (Lipinski definition) is 2. The van der Waals surface area contributed by atoms with Gasteiger partial charge in [-0.3, -0.25) is 9.52 Å². The van der Waals surface area contributed by atoms with E-state index >= 15 is 0 Å². The van der Waals surface area contributed by atoms with Crippen LogP contribution >= 0.6 is 0 Å². The van der Waals surface area contributed by atoms with Gasteiger partial charge in [0.1, 0.15) is 13.2 Å². The molecule has 0 bridgehead atoms. The van der Waals surface area contributed by atoms with Gasteiger partial charge in [0.2, 0.25) is 0 Å². The van der Waals surface area contributed by atoms with Crippen LogP contribution in [0.2, 0.25) is 0 Å². The smallest absolute Gasteiger partial charge is 0.341 e. The van der Waals surface area contributed by atoms with Crippen LogP contribution in [-0.2, 0) is 19.6 Å². The number of hydrogen-bond acceptors (Lipinski definition) is 8. The minimum absolute atomic E-state index is 0.0169. The summed E-state index contributed by atoms with van der Waals surface area (Å²) in [6, 6.07) is 17.9. The number of anilines is 3. The molecule has 0 aromatic heterocycles. The molecule has 1 fully saturated rings. The van der Waals surface area contributed by atoms with E-state index in [1.54, 1.807) is 12.1 Å². The first-order valence-corrected chi connectivity index (χ1v) is 14.7. The van der Waals surface area contributed by atoms with Gasteiger partial charge in [0.15, 0.2) is 17.6 Å². The largest absolute Gasteiger partial charge is 0.486 e. The van der Waals surface area contributed by atoms with Crippen molar-refractivity contribution in [2.45, 2.75) is 37.2 Å². The lowest BCUT2D eigenvalue weighted by Gasteiger charge is -2.28. The van der Waals surface area contributed by atoms with Crippen molar-refractivity contribution >= 4 is 39.0 Å². The number of piperidine rings is 1. The van der Waals surface area contributed by atoms with Gasteiger partial charge in [0.05, 0.1) is 16.1 Å². The number of amides is 1. The molecule has 2 heterocycles. The normalized spacial score (nSPS) is 15.6. The van der Waals surface area contributed by atoms with E-state index < -0.39 is 28.0 Å². The van der Waals surface area contributed by atoms with E-state index in [4.69, 9.17) is 14.2 Å². The summed E-state index contributed by atoms with van der Waals surface area (Å²) in [5, 5.41) is 2.76. The fraction of sp³-hybridized carbons (Fsp3) is 0.310. The third kappa shape index (κ3) is 6.31. The number of rotatable bonds is 8. The van der Waals surface area contributed by atoms with Crippen LogP contribution in [0.1, 0.15) is 36.5 Å². The zero-order valence-electron chi connectivity index (χ0n) is 22.1. The van der Waals surface area contributed by atoms with Crippen molar-refractivity contribution in [3.63, 3.8) is 0 Å². The van der Waals surface area contributed by atoms with Crippen molar-refractivity contribution in [1.29, 1.82) is 0 Å². The first-order chi connectivity index (χ1) is 19.3. The Kier molecular flexibility index (Phi) is 8.11. The molecule has 1 unspecified atom stereocenters. The maximum absolute atomic E-state index is 13.1. The second-order valence-electron chi connectivity index (χ2n) is 9.59. The van der Waals surface area contributed by atoms with Crippen LogP contribution in [0.25, 0.3) is 0 Å². The van der Waals surface area contributed by atoms with Crippen molar-refractivity contribution in [3.8, 4) is 11.5 Å². The molecule has 2 aliphatic heterocycles. The van der Waals surface area contributed by atoms with E-state index in [-0.39, 0.29) is 16.1 Å². The second-order valence-corrected chi connectivity index (χ2v) is 11.3. The molecule has 11 heteroatoms. The Bertz CT molecular complexity index is 1490. The number of nitrogens with one attached hydrogen (secondary N) is 2. The molecule has 0 radical (unpaired) electrons. The van der Waals surface area contributed by atoms with Gasteiger partial charge in [-0.15, -0.1) is 0 Å². The molecular formula is C29H31N3O7S. The molecule has 1 atom stereocenters. The Balaban J connectivity index is 1.23. The molecule has 2 N–H and O–H groups in total. The molecular weight excluding hydrogens is 534 g/mol. The lowest BCUT2D eigenvalue weighted by atomic mass is 10.1. The highest BCUT2D eigenvalue weighted by Gasteiger charge is 2.25. The Labute approximate surface area is 233 Å². The highest BCUT2D eigenvalue weighted by atomic mass is 32.2. The van der Waals surface area contributed by atoms with Gasteiger partial charge in [-0.05, 0) is 74.7 Å². The number of carbonyl (C=O) groups is 2. The number of fused-ring (bicyclic) bond motifs is 1. The van der Waals surface area contributed by atoms with Crippen LogP contribution in [0.4, 0.5) is 17.1 Å². The number of nitrogens with zero attached hydrogens (tertiary/aromatic N) is 1. The SMILES string of the molecule is CC(OC(=O)c1ccccc1NS(=O)(=O)c1ccc2c(c1)OCCO2)C(=O)Nc1ccc(N2CCCCC2)cc1. The lowest BCUT2D eigenvalue weighted by molar-refractivity contribution is -0.123. The molecule has 0 saturated carbocycles. The van der Waals surface area contributed by atoms with Crippen LogP contribution in [-0.4, -0.2) is 52.7 Å². The number of benzene rings is 3. The Hall–Kier alpha value is -4.25. The Morgan fingerprint density at radius 3 is 2.35 bits per heavy atom. The van der Waals surface area contributed by atoms with Gasteiger partial charge in [-0.1, -0.05) is 12.1 Å². The highest BCUT2D eigenvalue weighted by Crippen LogP contribution is 2.33. The summed E-state index contributed by atoms with van der Waals surface area (Å²) in [6.07, 6.45) is 2.46. The van der Waals surface area contributed by atoms with E-state index in [1.165, 1.54) is 56.5 Å². The van der Waals surface area contributed by atoms with E-state index in [0.717, 1.165) is 18.8 Å². The number of esters is 1. The lowest BCUT2D eigenvalue weighted by Crippen LogP contribution is -2.30. The minimum atomic E-state index is -4.08. The van der Waals surface area contributed by atoms with E-state index in [9.17, 15) is 18.0 Å². The molecule has 2 aliphatic rings. The minimum Gasteiger partial charge on any atom is -0.486 e. The van der Waals surface area contributed by atoms with Crippen molar-refractivity contribution in [2.75, 3.05) is 41.2 Å². The zero-order chi connectivity index (χ0) is 28.1. The second kappa shape index (κ2) is 11.9. The predicted molar refractivity (Wildman–Crippen MR) is 151 cm³/mol. The molecule has 3 aromatic carbocycles. The molecule has 210 valence electrons. The fourth-order valence-corrected chi connectivity index (χ4v) is 5.67. The molecule has 1 saturated heterocycles. The van der Waals surface area contributed by atoms with Crippen molar-refractivity contribution in [1.82, 2.24) is 0 Å². The highest BCUT2D eigenvalue weighted by molar-refractivity contribution is 7.92. The predicted octanol–water partition coefficient (Wildman–Crippen LogP) is 4.43. The summed E-state index contributed by atoms with van der Waals surface area (Å²) in [4.78, 5) is 28.0. The van der Waals surface area contributed by atoms with Gasteiger partial charge in [-0.25, -0.2) is 13.2 Å². The maximum atomic E-state index is 13.1. The first-order valence-electron chi connectivity index (χ1n) is 13.2. The van der Waals surface area contributed by atoms with Crippen molar-refractivity contribution < 1.29 is 32.2 Å². The average Bonchev–Trinajstić information content (AvgIpc) is 2.97. The van der Waals surface area contributed by atoms with Crippen LogP contribution in [0.3, 0.4) is 0 Å². The van der Waals surface area contributed by atoms with Crippen LogP contribution in [0.15, 0.2) is 71.6 Å². The van der Waals surface area contributed by atoms with E-state index in [2.05, 4.69) is 14.9 Å². The molecule has 40 heavy (non-hydrogen) atoms. The maximum Gasteiger partial charge on any atom is 0.341 e. The summed E-state index contributed by atoms with van der Waals surface area (Å²) in [7, 11) is -4.08. The molecule has 3 aromatic rings. The average molecular weight is 566 g/mol. The number of para-hydroxylation sites is 1. The standard InChI is InChI=1S/C29H31N3O7S/c1-20(28(33)30-21-9-11-22(12-10-21)32-15-5-2-6-16-32)39-29(34)24-7-3-4-8-25(24)31-40(35,36)23-13-14-26-27(19-23)38-18-17-37-26/h3-4,7-14,19-20,31H,2,5-6,15-18H2,1H3,(H,30,33). The van der Waals surface area contributed by atoms with Crippen molar-refractivity contribution in [3.05, 3.63) is 72.3 Å². The van der Waals surface area contributed by atoms with Crippen LogP contribution < -0.4 is 24.4 Å². The number of carbonyl (C=O) groups excluding carboxylic acids is 2. The molecule has 5 rings (SSSR count). The van der Waals surface area contributed by atoms with Crippen LogP contribution in [0.5, 0.6) is 11.5 Å². The molecule has 0 spiro atoms. The Morgan fingerprint density at radius 2 is 1.60 bits per heavy atom. The van der Waals surface area contributed by atoms with Gasteiger partial charge in [0.25, 0.3) is 15.9 Å². The van der Waals surface area contributed by atoms with Gasteiger partial charge in [0, 0.05) is 30.5 Å². The van der Waals surface area contributed by atoms with Crippen LogP contribution in [0, 0.1) is 0 Å². The summed E-state index contributed by atoms with van der Waals surface area (Å²) in [5.74, 6) is -0.570. The summed E-state index contributed by atoms with van der Waals surface area (Å²) >= 11 is 0. The molecule has 0 aliphatic carbocycles. The number of sulfonamides is 1. The van der Waals surface area contributed by atoms with E-state index in [0.29, 0.717) is 30.4 Å². The topological polar surface area (TPSA) is 123 Å². The monoisotopic (exact) mass is 565 g/mol. The van der Waals surface area contributed by atoms with Gasteiger partial charge >= 0.3 is 5.97 Å². The summed E-state index contributed by atoms with van der Waals surface area (Å²) < 4.78 is 44.9. The Morgan fingerprint density at radius 1 is 0.900 bits per heavy atom.